The van der Waals surface area contributed by atoms with Crippen LogP contribution in [0.25, 0.3) is 0 Å². The lowest BCUT2D eigenvalue weighted by atomic mass is 10.2. The van der Waals surface area contributed by atoms with Gasteiger partial charge in [-0.15, -0.1) is 0 Å². The summed E-state index contributed by atoms with van der Waals surface area (Å²) in [5.74, 6) is 0.151. The zero-order chi connectivity index (χ0) is 12.3. The van der Waals surface area contributed by atoms with Crippen molar-refractivity contribution in [3.8, 4) is 0 Å². The molecule has 0 aromatic heterocycles. The van der Waals surface area contributed by atoms with E-state index in [0.29, 0.717) is 0 Å². The molecule has 0 heterocycles. The lowest BCUT2D eigenvalue weighted by Crippen LogP contribution is -2.25. The van der Waals surface area contributed by atoms with E-state index in [-0.39, 0.29) is 11.8 Å². The lowest BCUT2D eigenvalue weighted by molar-refractivity contribution is 0.598. The van der Waals surface area contributed by atoms with Gasteiger partial charge in [-0.1, -0.05) is 0 Å². The van der Waals surface area contributed by atoms with Crippen LogP contribution in [-0.2, 0) is 9.84 Å². The Hall–Kier alpha value is -0.300. The molecule has 90 valence electrons. The summed E-state index contributed by atoms with van der Waals surface area (Å²) in [7, 11) is -2.93. The van der Waals surface area contributed by atoms with Crippen molar-refractivity contribution in [1.82, 2.24) is 0 Å². The molecule has 1 atom stereocenters. The van der Waals surface area contributed by atoms with Gasteiger partial charge in [-0.2, -0.15) is 0 Å². The molecule has 0 spiro atoms. The van der Waals surface area contributed by atoms with E-state index >= 15 is 0 Å². The highest BCUT2D eigenvalue weighted by Crippen LogP contribution is 2.18. The van der Waals surface area contributed by atoms with E-state index in [2.05, 4.69) is 34.0 Å². The number of anilines is 1. The first kappa shape index (κ1) is 13.8. The van der Waals surface area contributed by atoms with Crippen LogP contribution in [0.2, 0.25) is 0 Å². The molecular weight excluding hydrogens is 337 g/mol. The van der Waals surface area contributed by atoms with Gasteiger partial charge in [0.25, 0.3) is 0 Å². The van der Waals surface area contributed by atoms with Crippen LogP contribution in [-0.4, -0.2) is 26.5 Å². The number of benzene rings is 1. The van der Waals surface area contributed by atoms with Crippen LogP contribution in [0.4, 0.5) is 5.69 Å². The topological polar surface area (TPSA) is 46.2 Å². The molecule has 0 amide bonds. The van der Waals surface area contributed by atoms with Gasteiger partial charge in [0, 0.05) is 21.6 Å². The lowest BCUT2D eigenvalue weighted by Gasteiger charge is -2.16. The fourth-order valence-electron chi connectivity index (χ4n) is 1.55. The summed E-state index contributed by atoms with van der Waals surface area (Å²) in [5, 5.41) is 3.21. The van der Waals surface area contributed by atoms with Crippen LogP contribution >= 0.6 is 22.6 Å². The predicted octanol–water partition coefficient (Wildman–Crippen LogP) is 2.44. The molecule has 1 aromatic carbocycles. The molecule has 3 nitrogen and oxygen atoms in total. The molecule has 0 aliphatic heterocycles. The highest BCUT2D eigenvalue weighted by Gasteiger charge is 2.11. The summed E-state index contributed by atoms with van der Waals surface area (Å²) >= 11 is 2.25. The molecule has 1 unspecified atom stereocenters. The van der Waals surface area contributed by atoms with Gasteiger partial charge in [-0.25, -0.2) is 8.42 Å². The van der Waals surface area contributed by atoms with Gasteiger partial charge in [-0.05, 0) is 60.2 Å². The normalized spacial score (nSPS) is 13.5. The third kappa shape index (κ3) is 4.69. The quantitative estimate of drug-likeness (QED) is 0.846. The minimum absolute atomic E-state index is 0.0752. The van der Waals surface area contributed by atoms with Crippen molar-refractivity contribution in [2.75, 3.05) is 17.3 Å². The molecule has 0 saturated carbocycles. The van der Waals surface area contributed by atoms with Gasteiger partial charge >= 0.3 is 0 Å². The smallest absolute Gasteiger partial charge is 0.149 e. The number of hydrogen-bond acceptors (Lipinski definition) is 3. The SMILES string of the molecule is Cc1cc(I)ccc1NC(C)CS(C)(=O)=O. The van der Waals surface area contributed by atoms with E-state index in [1.807, 2.05) is 26.0 Å². The van der Waals surface area contributed by atoms with E-state index in [1.54, 1.807) is 0 Å². The minimum Gasteiger partial charge on any atom is -0.381 e. The Bertz CT molecular complexity index is 471. The molecule has 16 heavy (non-hydrogen) atoms. The summed E-state index contributed by atoms with van der Waals surface area (Å²) < 4.78 is 23.4. The fraction of sp³-hybridized carbons (Fsp3) is 0.455. The van der Waals surface area contributed by atoms with Crippen LogP contribution in [0.15, 0.2) is 18.2 Å². The molecule has 1 aromatic rings. The molecule has 0 saturated heterocycles. The van der Waals surface area contributed by atoms with Crippen molar-refractivity contribution in [3.05, 3.63) is 27.3 Å². The molecular formula is C11H16INO2S. The highest BCUT2D eigenvalue weighted by molar-refractivity contribution is 14.1. The molecule has 0 bridgehead atoms. The van der Waals surface area contributed by atoms with E-state index in [9.17, 15) is 8.42 Å². The number of halogens is 1. The Morgan fingerprint density at radius 1 is 1.44 bits per heavy atom. The Morgan fingerprint density at radius 2 is 2.06 bits per heavy atom. The van der Waals surface area contributed by atoms with Crippen LogP contribution in [0.3, 0.4) is 0 Å². The maximum Gasteiger partial charge on any atom is 0.149 e. The number of nitrogens with one attached hydrogen (secondary N) is 1. The van der Waals surface area contributed by atoms with Crippen molar-refractivity contribution in [1.29, 1.82) is 0 Å². The van der Waals surface area contributed by atoms with Crippen molar-refractivity contribution in [3.63, 3.8) is 0 Å². The Labute approximate surface area is 111 Å². The zero-order valence-electron chi connectivity index (χ0n) is 9.62. The summed E-state index contributed by atoms with van der Waals surface area (Å²) in [5.41, 5.74) is 2.13. The molecule has 0 radical (unpaired) electrons. The van der Waals surface area contributed by atoms with Crippen LogP contribution in [0.5, 0.6) is 0 Å². The monoisotopic (exact) mass is 353 g/mol. The Kier molecular flexibility index (Phi) is 4.61. The largest absolute Gasteiger partial charge is 0.381 e. The van der Waals surface area contributed by atoms with Crippen LogP contribution in [0, 0.1) is 10.5 Å². The van der Waals surface area contributed by atoms with Gasteiger partial charge in [-0.3, -0.25) is 0 Å². The Morgan fingerprint density at radius 3 is 2.56 bits per heavy atom. The minimum atomic E-state index is -2.93. The fourth-order valence-corrected chi connectivity index (χ4v) is 3.19. The zero-order valence-corrected chi connectivity index (χ0v) is 12.6. The second-order valence-electron chi connectivity index (χ2n) is 4.10. The van der Waals surface area contributed by atoms with Crippen LogP contribution in [0.1, 0.15) is 12.5 Å². The van der Waals surface area contributed by atoms with E-state index in [1.165, 1.54) is 9.83 Å². The van der Waals surface area contributed by atoms with Gasteiger partial charge < -0.3 is 5.32 Å². The standard InChI is InChI=1S/C11H16INO2S/c1-8-6-10(12)4-5-11(8)13-9(2)7-16(3,14)15/h4-6,9,13H,7H2,1-3H3. The third-order valence-electron chi connectivity index (χ3n) is 2.14. The third-order valence-corrected chi connectivity index (χ3v) is 3.92. The van der Waals surface area contributed by atoms with Gasteiger partial charge in [0.1, 0.15) is 9.84 Å². The van der Waals surface area contributed by atoms with Crippen molar-refractivity contribution >= 4 is 38.1 Å². The maximum absolute atomic E-state index is 11.1. The van der Waals surface area contributed by atoms with E-state index in [0.717, 1.165) is 11.3 Å². The number of rotatable bonds is 4. The van der Waals surface area contributed by atoms with Gasteiger partial charge in [0.05, 0.1) is 5.75 Å². The highest BCUT2D eigenvalue weighted by atomic mass is 127. The second kappa shape index (κ2) is 5.35. The molecule has 0 aliphatic carbocycles. The maximum atomic E-state index is 11.1. The van der Waals surface area contributed by atoms with Gasteiger partial charge in [0.2, 0.25) is 0 Å². The van der Waals surface area contributed by atoms with Crippen LogP contribution < -0.4 is 5.32 Å². The van der Waals surface area contributed by atoms with Crippen molar-refractivity contribution in [2.45, 2.75) is 19.9 Å². The molecule has 0 aliphatic rings. The average molecular weight is 353 g/mol. The summed E-state index contributed by atoms with van der Waals surface area (Å²) in [4.78, 5) is 0. The summed E-state index contributed by atoms with van der Waals surface area (Å²) in [6.07, 6.45) is 1.26. The van der Waals surface area contributed by atoms with E-state index in [4.69, 9.17) is 0 Å². The number of hydrogen-bond donors (Lipinski definition) is 1. The van der Waals surface area contributed by atoms with E-state index < -0.39 is 9.84 Å². The number of aryl methyl sites for hydroxylation is 1. The molecule has 5 heteroatoms. The predicted molar refractivity (Wildman–Crippen MR) is 76.7 cm³/mol. The van der Waals surface area contributed by atoms with Crippen molar-refractivity contribution < 1.29 is 8.42 Å². The molecule has 1 N–H and O–H groups in total. The van der Waals surface area contributed by atoms with Gasteiger partial charge in [0.15, 0.2) is 0 Å². The summed E-state index contributed by atoms with van der Waals surface area (Å²) in [6.45, 7) is 3.89. The average Bonchev–Trinajstić information content (AvgIpc) is 2.06. The first-order valence-corrected chi connectivity index (χ1v) is 8.12. The first-order chi connectivity index (χ1) is 7.28. The molecule has 1 rings (SSSR count). The summed E-state index contributed by atoms with van der Waals surface area (Å²) in [6, 6.07) is 5.98. The number of sulfone groups is 1. The Balaban J connectivity index is 2.73. The van der Waals surface area contributed by atoms with Crippen molar-refractivity contribution in [2.24, 2.45) is 0 Å². The first-order valence-electron chi connectivity index (χ1n) is 4.98. The molecule has 0 fully saturated rings. The second-order valence-corrected chi connectivity index (χ2v) is 7.53.